The summed E-state index contributed by atoms with van der Waals surface area (Å²) >= 11 is 0. The number of benzene rings is 2. The summed E-state index contributed by atoms with van der Waals surface area (Å²) in [6.07, 6.45) is -14.8. The molecule has 0 saturated heterocycles. The Morgan fingerprint density at radius 2 is 1.58 bits per heavy atom. The zero-order chi connectivity index (χ0) is 28.4. The third-order valence-electron chi connectivity index (χ3n) is 6.35. The molecule has 0 radical (unpaired) electrons. The number of carbonyl (C=O) groups excluding carboxylic acids is 3. The molecule has 6 nitrogen and oxygen atoms in total. The maximum Gasteiger partial charge on any atom is 0.389 e. The molecule has 206 valence electrons. The lowest BCUT2D eigenvalue weighted by Crippen LogP contribution is -2.45. The summed E-state index contributed by atoms with van der Waals surface area (Å²) in [5, 5.41) is 4.85. The van der Waals surface area contributed by atoms with Gasteiger partial charge in [0.05, 0.1) is 5.69 Å². The number of hydrogen-bond donors (Lipinski definition) is 3. The van der Waals surface area contributed by atoms with Crippen LogP contribution in [-0.2, 0) is 14.4 Å². The quantitative estimate of drug-likeness (QED) is 0.391. The summed E-state index contributed by atoms with van der Waals surface area (Å²) in [5.74, 6) is -8.16. The minimum Gasteiger partial charge on any atom is -0.369 e. The van der Waals surface area contributed by atoms with Crippen LogP contribution in [0.4, 0.5) is 36.4 Å². The first kappa shape index (κ1) is 28.9. The Hall–Kier alpha value is -3.64. The summed E-state index contributed by atoms with van der Waals surface area (Å²) in [7, 11) is 0. The van der Waals surface area contributed by atoms with Crippen LogP contribution in [0, 0.1) is 24.6 Å². The van der Waals surface area contributed by atoms with E-state index in [2.05, 4.69) is 10.6 Å². The van der Waals surface area contributed by atoms with Gasteiger partial charge >= 0.3 is 12.4 Å². The van der Waals surface area contributed by atoms with Crippen LogP contribution in [-0.4, -0.2) is 30.1 Å². The number of fused-ring (bicyclic) bond motifs is 3. The fraction of sp³-hybridized carbons (Fsp3) is 0.400. The number of aryl methyl sites for hydroxylation is 1. The smallest absolute Gasteiger partial charge is 0.369 e. The molecule has 13 heteroatoms. The number of amides is 3. The van der Waals surface area contributed by atoms with Crippen molar-refractivity contribution in [3.63, 3.8) is 0 Å². The van der Waals surface area contributed by atoms with E-state index in [1.54, 1.807) is 25.1 Å². The van der Waals surface area contributed by atoms with Gasteiger partial charge < -0.3 is 16.4 Å². The summed E-state index contributed by atoms with van der Waals surface area (Å²) in [6, 6.07) is 6.81. The Morgan fingerprint density at radius 1 is 0.974 bits per heavy atom. The summed E-state index contributed by atoms with van der Waals surface area (Å²) in [5.41, 5.74) is 6.98. The van der Waals surface area contributed by atoms with Gasteiger partial charge in [-0.3, -0.25) is 14.4 Å². The molecule has 3 atom stereocenters. The fourth-order valence-corrected chi connectivity index (χ4v) is 4.50. The van der Waals surface area contributed by atoms with Crippen LogP contribution in [0.15, 0.2) is 36.4 Å². The van der Waals surface area contributed by atoms with Crippen molar-refractivity contribution >= 4 is 23.4 Å². The number of rotatable bonds is 8. The molecular weight excluding hydrogens is 523 g/mol. The number of hydrogen-bond acceptors (Lipinski definition) is 3. The van der Waals surface area contributed by atoms with E-state index < -0.39 is 79.5 Å². The number of nitrogens with one attached hydrogen (secondary N) is 2. The maximum absolute atomic E-state index is 14.2. The van der Waals surface area contributed by atoms with Crippen molar-refractivity contribution in [1.82, 2.24) is 5.32 Å². The van der Waals surface area contributed by atoms with Crippen LogP contribution < -0.4 is 16.4 Å². The molecule has 2 aromatic rings. The van der Waals surface area contributed by atoms with Crippen molar-refractivity contribution in [1.29, 1.82) is 0 Å². The van der Waals surface area contributed by atoms with Crippen LogP contribution in [0.2, 0.25) is 0 Å². The largest absolute Gasteiger partial charge is 0.389 e. The number of anilines is 1. The molecule has 4 N–H and O–H groups in total. The molecule has 0 saturated carbocycles. The molecule has 0 aliphatic carbocycles. The van der Waals surface area contributed by atoms with E-state index in [0.29, 0.717) is 22.4 Å². The summed E-state index contributed by atoms with van der Waals surface area (Å²) < 4.78 is 91.7. The topological polar surface area (TPSA) is 101 Å². The van der Waals surface area contributed by atoms with Gasteiger partial charge in [0.25, 0.3) is 5.91 Å². The lowest BCUT2D eigenvalue weighted by atomic mass is 9.83. The molecule has 1 aliphatic rings. The van der Waals surface area contributed by atoms with Gasteiger partial charge in [0.2, 0.25) is 11.8 Å². The van der Waals surface area contributed by atoms with Crippen molar-refractivity contribution in [3.05, 3.63) is 53.3 Å². The number of carbonyl (C=O) groups is 3. The van der Waals surface area contributed by atoms with E-state index >= 15 is 0 Å². The van der Waals surface area contributed by atoms with Gasteiger partial charge in [-0.25, -0.2) is 4.39 Å². The second-order valence-corrected chi connectivity index (χ2v) is 9.08. The molecule has 1 heterocycles. The number of halogens is 7. The minimum atomic E-state index is -4.79. The average molecular weight is 547 g/mol. The lowest BCUT2D eigenvalue weighted by Gasteiger charge is -2.27. The van der Waals surface area contributed by atoms with Gasteiger partial charge in [-0.2, -0.15) is 26.3 Å². The van der Waals surface area contributed by atoms with Gasteiger partial charge in [0.15, 0.2) is 0 Å². The van der Waals surface area contributed by atoms with Crippen LogP contribution in [0.1, 0.15) is 42.9 Å². The van der Waals surface area contributed by atoms with Gasteiger partial charge in [-0.05, 0) is 48.6 Å². The number of alkyl halides is 6. The molecule has 3 amide bonds. The predicted octanol–water partition coefficient (Wildman–Crippen LogP) is 5.31. The summed E-state index contributed by atoms with van der Waals surface area (Å²) in [6.45, 7) is 1.69. The molecule has 1 aliphatic heterocycles. The molecular formula is C25H24F7N3O3. The van der Waals surface area contributed by atoms with E-state index in [1.165, 1.54) is 6.07 Å². The molecule has 3 unspecified atom stereocenters. The normalized spacial score (nSPS) is 16.9. The number of para-hydroxylation sites is 1. The third kappa shape index (κ3) is 7.01. The average Bonchev–Trinajstić information content (AvgIpc) is 2.89. The molecule has 0 fully saturated rings. The maximum atomic E-state index is 14.2. The van der Waals surface area contributed by atoms with Crippen LogP contribution in [0.25, 0.3) is 11.1 Å². The predicted molar refractivity (Wildman–Crippen MR) is 123 cm³/mol. The second kappa shape index (κ2) is 11.0. The first-order valence-corrected chi connectivity index (χ1v) is 11.5. The zero-order valence-corrected chi connectivity index (χ0v) is 20.0. The van der Waals surface area contributed by atoms with Gasteiger partial charge in [0.1, 0.15) is 11.9 Å². The molecule has 2 aromatic carbocycles. The van der Waals surface area contributed by atoms with Crippen molar-refractivity contribution in [2.45, 2.75) is 51.0 Å². The van der Waals surface area contributed by atoms with Gasteiger partial charge in [0, 0.05) is 30.2 Å². The third-order valence-corrected chi connectivity index (χ3v) is 6.35. The van der Waals surface area contributed by atoms with E-state index in [4.69, 9.17) is 5.73 Å². The first-order valence-electron chi connectivity index (χ1n) is 11.5. The highest BCUT2D eigenvalue weighted by atomic mass is 19.4. The molecule has 0 spiro atoms. The van der Waals surface area contributed by atoms with E-state index in [1.807, 2.05) is 0 Å². The number of primary amides is 1. The first-order chi connectivity index (χ1) is 17.6. The van der Waals surface area contributed by atoms with Gasteiger partial charge in [-0.15, -0.1) is 0 Å². The Labute approximate surface area is 212 Å². The molecule has 38 heavy (non-hydrogen) atoms. The minimum absolute atomic E-state index is 0.0271. The summed E-state index contributed by atoms with van der Waals surface area (Å²) in [4.78, 5) is 38.4. The SMILES string of the molecule is Cc1cccc2c1NC(=O)C(NC(=O)C(CCC(F)(F)F)C(CCC(F)(F)F)C(N)=O)c1cc(F)ccc1-2. The highest BCUT2D eigenvalue weighted by Crippen LogP contribution is 2.40. The van der Waals surface area contributed by atoms with E-state index in [9.17, 15) is 45.1 Å². The molecule has 0 aromatic heterocycles. The number of nitrogens with two attached hydrogens (primary N) is 1. The lowest BCUT2D eigenvalue weighted by molar-refractivity contribution is -0.152. The van der Waals surface area contributed by atoms with Crippen molar-refractivity contribution in [2.75, 3.05) is 5.32 Å². The molecule has 3 rings (SSSR count). The zero-order valence-electron chi connectivity index (χ0n) is 20.0. The Kier molecular flexibility index (Phi) is 8.37. The molecule has 0 bridgehead atoms. The van der Waals surface area contributed by atoms with Gasteiger partial charge in [-0.1, -0.05) is 24.3 Å². The Morgan fingerprint density at radius 3 is 2.16 bits per heavy atom. The van der Waals surface area contributed by atoms with Crippen molar-refractivity contribution < 1.29 is 45.1 Å². The van der Waals surface area contributed by atoms with Crippen LogP contribution in [0.5, 0.6) is 0 Å². The van der Waals surface area contributed by atoms with Crippen molar-refractivity contribution in [2.24, 2.45) is 17.6 Å². The van der Waals surface area contributed by atoms with E-state index in [-0.39, 0.29) is 5.56 Å². The fourth-order valence-electron chi connectivity index (χ4n) is 4.50. The highest BCUT2D eigenvalue weighted by Gasteiger charge is 2.41. The Balaban J connectivity index is 2.01. The highest BCUT2D eigenvalue weighted by molar-refractivity contribution is 6.05. The van der Waals surface area contributed by atoms with Crippen molar-refractivity contribution in [3.8, 4) is 11.1 Å². The van der Waals surface area contributed by atoms with Crippen LogP contribution in [0.3, 0.4) is 0 Å². The standard InChI is InChI=1S/C25H24F7N3O3/c1-12-3-2-4-15-14-6-5-13(26)11-18(14)20(23(38)34-19(12)15)35-22(37)17(8-10-25(30,31)32)16(21(33)36)7-9-24(27,28)29/h2-6,11,16-17,20H,7-10H2,1H3,(H2,33,36)(H,34,38)(H,35,37). The van der Waals surface area contributed by atoms with E-state index in [0.717, 1.165) is 12.1 Å². The second-order valence-electron chi connectivity index (χ2n) is 9.08. The Bertz CT molecular complexity index is 1230. The monoisotopic (exact) mass is 547 g/mol. The van der Waals surface area contributed by atoms with Crippen LogP contribution >= 0.6 is 0 Å².